The van der Waals surface area contributed by atoms with Gasteiger partial charge in [0.15, 0.2) is 0 Å². The number of benzene rings is 1. The van der Waals surface area contributed by atoms with Gasteiger partial charge in [0.05, 0.1) is 17.1 Å². The fourth-order valence-corrected chi connectivity index (χ4v) is 3.04. The van der Waals surface area contributed by atoms with Crippen LogP contribution in [-0.2, 0) is 17.6 Å². The van der Waals surface area contributed by atoms with Crippen molar-refractivity contribution in [3.63, 3.8) is 0 Å². The molecule has 3 rings (SSSR count). The number of para-hydroxylation sites is 1. The van der Waals surface area contributed by atoms with Gasteiger partial charge in [-0.25, -0.2) is 4.98 Å². The molecule has 2 aromatic rings. The molecule has 0 bridgehead atoms. The molecule has 2 N–H and O–H groups in total. The number of carbonyl (C=O) groups excluding carboxylic acids is 1. The first-order valence-corrected chi connectivity index (χ1v) is 7.74. The lowest BCUT2D eigenvalue weighted by atomic mass is 9.93. The fraction of sp³-hybridized carbons (Fsp3) is 0.333. The SMILES string of the molecule is O=C(NCCc1cscn1)C1CNc2ccccc2C1. The average Bonchev–Trinajstić information content (AvgIpc) is 3.00. The summed E-state index contributed by atoms with van der Waals surface area (Å²) in [6.07, 6.45) is 1.61. The van der Waals surface area contributed by atoms with Gasteiger partial charge >= 0.3 is 0 Å². The minimum absolute atomic E-state index is 0.0142. The molecule has 1 aliphatic rings. The third-order valence-electron chi connectivity index (χ3n) is 3.56. The van der Waals surface area contributed by atoms with E-state index >= 15 is 0 Å². The van der Waals surface area contributed by atoms with E-state index in [1.165, 1.54) is 5.56 Å². The van der Waals surface area contributed by atoms with E-state index in [1.54, 1.807) is 11.3 Å². The maximum atomic E-state index is 12.2. The molecule has 4 nitrogen and oxygen atoms in total. The molecule has 1 aromatic heterocycles. The average molecular weight is 287 g/mol. The first kappa shape index (κ1) is 13.1. The predicted molar refractivity (Wildman–Crippen MR) is 81.0 cm³/mol. The number of fused-ring (bicyclic) bond motifs is 1. The molecule has 0 saturated carbocycles. The molecule has 1 unspecified atom stereocenters. The Balaban J connectivity index is 1.51. The van der Waals surface area contributed by atoms with Crippen LogP contribution in [0.1, 0.15) is 11.3 Å². The molecule has 104 valence electrons. The van der Waals surface area contributed by atoms with Crippen molar-refractivity contribution in [2.24, 2.45) is 5.92 Å². The molecular formula is C15H17N3OS. The predicted octanol–water partition coefficient (Wildman–Crippen LogP) is 2.09. The number of amides is 1. The van der Waals surface area contributed by atoms with Crippen LogP contribution < -0.4 is 10.6 Å². The molecule has 0 fully saturated rings. The zero-order valence-electron chi connectivity index (χ0n) is 11.1. The third-order valence-corrected chi connectivity index (χ3v) is 4.19. The number of aromatic nitrogens is 1. The summed E-state index contributed by atoms with van der Waals surface area (Å²) in [5.74, 6) is 0.141. The van der Waals surface area contributed by atoms with Crippen LogP contribution >= 0.6 is 11.3 Å². The third kappa shape index (κ3) is 2.99. The van der Waals surface area contributed by atoms with Crippen molar-refractivity contribution in [2.45, 2.75) is 12.8 Å². The summed E-state index contributed by atoms with van der Waals surface area (Å²) in [5.41, 5.74) is 5.24. The maximum Gasteiger partial charge on any atom is 0.225 e. The first-order valence-electron chi connectivity index (χ1n) is 6.79. The number of hydrogen-bond donors (Lipinski definition) is 2. The highest BCUT2D eigenvalue weighted by Crippen LogP contribution is 2.24. The summed E-state index contributed by atoms with van der Waals surface area (Å²) in [4.78, 5) is 16.4. The molecule has 0 aliphatic carbocycles. The molecule has 2 heterocycles. The molecule has 1 aliphatic heterocycles. The van der Waals surface area contributed by atoms with E-state index in [1.807, 2.05) is 23.0 Å². The molecule has 0 radical (unpaired) electrons. The van der Waals surface area contributed by atoms with Crippen LogP contribution in [0.15, 0.2) is 35.2 Å². The Kier molecular flexibility index (Phi) is 3.97. The summed E-state index contributed by atoms with van der Waals surface area (Å²) in [6, 6.07) is 8.17. The van der Waals surface area contributed by atoms with Gasteiger partial charge in [-0.2, -0.15) is 0 Å². The van der Waals surface area contributed by atoms with Gasteiger partial charge in [0.25, 0.3) is 0 Å². The zero-order valence-corrected chi connectivity index (χ0v) is 12.0. The van der Waals surface area contributed by atoms with Crippen molar-refractivity contribution < 1.29 is 4.79 Å². The largest absolute Gasteiger partial charge is 0.384 e. The van der Waals surface area contributed by atoms with E-state index in [0.29, 0.717) is 13.1 Å². The Hall–Kier alpha value is -1.88. The molecule has 1 aromatic carbocycles. The van der Waals surface area contributed by atoms with Crippen molar-refractivity contribution in [3.8, 4) is 0 Å². The van der Waals surface area contributed by atoms with Crippen molar-refractivity contribution in [1.82, 2.24) is 10.3 Å². The smallest absolute Gasteiger partial charge is 0.225 e. The van der Waals surface area contributed by atoms with Gasteiger partial charge in [-0.15, -0.1) is 11.3 Å². The number of anilines is 1. The first-order chi connectivity index (χ1) is 9.83. The maximum absolute atomic E-state index is 12.2. The highest BCUT2D eigenvalue weighted by atomic mass is 32.1. The normalized spacial score (nSPS) is 17.1. The highest BCUT2D eigenvalue weighted by Gasteiger charge is 2.23. The number of thiazole rings is 1. The quantitative estimate of drug-likeness (QED) is 0.905. The van der Waals surface area contributed by atoms with Gasteiger partial charge in [0, 0.05) is 30.6 Å². The van der Waals surface area contributed by atoms with Gasteiger partial charge in [-0.3, -0.25) is 4.79 Å². The van der Waals surface area contributed by atoms with E-state index in [-0.39, 0.29) is 11.8 Å². The van der Waals surface area contributed by atoms with Crippen LogP contribution in [0.25, 0.3) is 0 Å². The summed E-state index contributed by atoms with van der Waals surface area (Å²) in [6.45, 7) is 1.36. The minimum atomic E-state index is 0.0142. The van der Waals surface area contributed by atoms with Crippen molar-refractivity contribution in [1.29, 1.82) is 0 Å². The number of carbonyl (C=O) groups is 1. The van der Waals surface area contributed by atoms with Crippen LogP contribution in [0.4, 0.5) is 5.69 Å². The van der Waals surface area contributed by atoms with Crippen molar-refractivity contribution in [3.05, 3.63) is 46.4 Å². The minimum Gasteiger partial charge on any atom is -0.384 e. The lowest BCUT2D eigenvalue weighted by molar-refractivity contribution is -0.124. The van der Waals surface area contributed by atoms with E-state index in [9.17, 15) is 4.79 Å². The number of nitrogens with zero attached hydrogens (tertiary/aromatic N) is 1. The van der Waals surface area contributed by atoms with Gasteiger partial charge < -0.3 is 10.6 Å². The Labute approximate surface area is 122 Å². The molecule has 0 saturated heterocycles. The fourth-order valence-electron chi connectivity index (χ4n) is 2.45. The molecule has 1 amide bonds. The molecule has 20 heavy (non-hydrogen) atoms. The van der Waals surface area contributed by atoms with E-state index in [4.69, 9.17) is 0 Å². The van der Waals surface area contributed by atoms with Gasteiger partial charge in [0.1, 0.15) is 0 Å². The van der Waals surface area contributed by atoms with Gasteiger partial charge in [-0.05, 0) is 18.1 Å². The summed E-state index contributed by atoms with van der Waals surface area (Å²) < 4.78 is 0. The number of nitrogens with one attached hydrogen (secondary N) is 2. The van der Waals surface area contributed by atoms with Crippen LogP contribution in [0.5, 0.6) is 0 Å². The van der Waals surface area contributed by atoms with Gasteiger partial charge in [-0.1, -0.05) is 18.2 Å². The lowest BCUT2D eigenvalue weighted by Gasteiger charge is -2.25. The number of rotatable bonds is 4. The Morgan fingerprint density at radius 2 is 2.35 bits per heavy atom. The zero-order chi connectivity index (χ0) is 13.8. The second kappa shape index (κ2) is 6.05. The van der Waals surface area contributed by atoms with Crippen LogP contribution in [-0.4, -0.2) is 24.0 Å². The van der Waals surface area contributed by atoms with E-state index in [0.717, 1.165) is 24.2 Å². The van der Waals surface area contributed by atoms with Crippen molar-refractivity contribution in [2.75, 3.05) is 18.4 Å². The van der Waals surface area contributed by atoms with Crippen LogP contribution in [0.3, 0.4) is 0 Å². The summed E-state index contributed by atoms with van der Waals surface area (Å²) >= 11 is 1.58. The summed E-state index contributed by atoms with van der Waals surface area (Å²) in [7, 11) is 0. The topological polar surface area (TPSA) is 54.0 Å². The Morgan fingerprint density at radius 3 is 3.20 bits per heavy atom. The van der Waals surface area contributed by atoms with E-state index < -0.39 is 0 Å². The van der Waals surface area contributed by atoms with Crippen molar-refractivity contribution >= 4 is 22.9 Å². The highest BCUT2D eigenvalue weighted by molar-refractivity contribution is 7.07. The standard InChI is InChI=1S/C15H17N3OS/c19-15(16-6-5-13-9-20-10-18-13)12-7-11-3-1-2-4-14(11)17-8-12/h1-4,9-10,12,17H,5-8H2,(H,16,19). The Bertz CT molecular complexity index is 583. The molecule has 0 spiro atoms. The number of hydrogen-bond acceptors (Lipinski definition) is 4. The van der Waals surface area contributed by atoms with Crippen LogP contribution in [0, 0.1) is 5.92 Å². The lowest BCUT2D eigenvalue weighted by Crippen LogP contribution is -2.38. The molecular weight excluding hydrogens is 270 g/mol. The van der Waals surface area contributed by atoms with Crippen LogP contribution in [0.2, 0.25) is 0 Å². The summed E-state index contributed by atoms with van der Waals surface area (Å²) in [5, 5.41) is 8.35. The molecule has 1 atom stereocenters. The Morgan fingerprint density at radius 1 is 1.45 bits per heavy atom. The molecule has 5 heteroatoms. The van der Waals surface area contributed by atoms with Gasteiger partial charge in [0.2, 0.25) is 5.91 Å². The van der Waals surface area contributed by atoms with E-state index in [2.05, 4.69) is 27.8 Å². The monoisotopic (exact) mass is 287 g/mol. The second-order valence-electron chi connectivity index (χ2n) is 4.96. The second-order valence-corrected chi connectivity index (χ2v) is 5.68.